The van der Waals surface area contributed by atoms with Gasteiger partial charge in [0.2, 0.25) is 0 Å². The minimum absolute atomic E-state index is 0.300. The molecule has 3 nitrogen and oxygen atoms in total. The lowest BCUT2D eigenvalue weighted by Crippen LogP contribution is -2.19. The lowest BCUT2D eigenvalue weighted by atomic mass is 10.0. The molecule has 0 aliphatic rings. The number of hydrogen-bond donors (Lipinski definition) is 1. The van der Waals surface area contributed by atoms with E-state index in [0.717, 1.165) is 11.3 Å². The lowest BCUT2D eigenvalue weighted by molar-refractivity contribution is 0.408. The van der Waals surface area contributed by atoms with Crippen LogP contribution >= 0.6 is 0 Å². The number of ether oxygens (including phenoxy) is 1. The second-order valence-corrected chi connectivity index (χ2v) is 4.08. The van der Waals surface area contributed by atoms with Crippen molar-refractivity contribution in [2.75, 3.05) is 14.2 Å². The highest BCUT2D eigenvalue weighted by atomic mass is 19.1. The number of halogens is 1. The van der Waals surface area contributed by atoms with Crippen LogP contribution in [0.3, 0.4) is 0 Å². The molecule has 1 heterocycles. The van der Waals surface area contributed by atoms with E-state index >= 15 is 0 Å². The zero-order chi connectivity index (χ0) is 13.1. The van der Waals surface area contributed by atoms with E-state index in [1.54, 1.807) is 25.4 Å². The fraction of sp³-hybridized carbons (Fsp3) is 0.286. The van der Waals surface area contributed by atoms with Gasteiger partial charge >= 0.3 is 0 Å². The first-order valence-electron chi connectivity index (χ1n) is 5.72. The Morgan fingerprint density at radius 3 is 2.61 bits per heavy atom. The molecule has 0 fully saturated rings. The number of furan rings is 1. The zero-order valence-corrected chi connectivity index (χ0v) is 10.7. The van der Waals surface area contributed by atoms with Gasteiger partial charge in [0.25, 0.3) is 0 Å². The third-order valence-corrected chi connectivity index (χ3v) is 2.97. The van der Waals surface area contributed by atoms with Gasteiger partial charge < -0.3 is 14.5 Å². The summed E-state index contributed by atoms with van der Waals surface area (Å²) in [6.45, 7) is 1.94. The molecule has 18 heavy (non-hydrogen) atoms. The van der Waals surface area contributed by atoms with E-state index in [1.807, 2.05) is 13.0 Å². The molecule has 0 spiro atoms. The van der Waals surface area contributed by atoms with Gasteiger partial charge in [-0.05, 0) is 31.7 Å². The van der Waals surface area contributed by atoms with E-state index in [0.29, 0.717) is 11.3 Å². The van der Waals surface area contributed by atoms with Gasteiger partial charge in [0.1, 0.15) is 17.3 Å². The van der Waals surface area contributed by atoms with Crippen molar-refractivity contribution in [3.63, 3.8) is 0 Å². The molecule has 1 atom stereocenters. The predicted octanol–water partition coefficient (Wildman–Crippen LogP) is 3.04. The van der Waals surface area contributed by atoms with Crippen molar-refractivity contribution in [2.45, 2.75) is 13.0 Å². The summed E-state index contributed by atoms with van der Waals surface area (Å²) in [5, 5.41) is 3.07. The summed E-state index contributed by atoms with van der Waals surface area (Å²) >= 11 is 0. The Kier molecular flexibility index (Phi) is 3.67. The Labute approximate surface area is 106 Å². The van der Waals surface area contributed by atoms with Crippen LogP contribution in [0.15, 0.2) is 34.9 Å². The monoisotopic (exact) mass is 249 g/mol. The van der Waals surface area contributed by atoms with Crippen LogP contribution in [0.2, 0.25) is 0 Å². The maximum absolute atomic E-state index is 14.0. The fourth-order valence-corrected chi connectivity index (χ4v) is 1.98. The summed E-state index contributed by atoms with van der Waals surface area (Å²) in [6, 6.07) is 6.38. The number of methoxy groups -OCH3 is 1. The van der Waals surface area contributed by atoms with Crippen molar-refractivity contribution in [1.29, 1.82) is 0 Å². The molecule has 0 amide bonds. The summed E-state index contributed by atoms with van der Waals surface area (Å²) in [7, 11) is 3.29. The van der Waals surface area contributed by atoms with Gasteiger partial charge in [0.05, 0.1) is 19.4 Å². The van der Waals surface area contributed by atoms with Crippen LogP contribution in [0.25, 0.3) is 0 Å². The molecule has 1 aromatic heterocycles. The molecule has 0 saturated heterocycles. The molecular weight excluding hydrogens is 233 g/mol. The van der Waals surface area contributed by atoms with Gasteiger partial charge in [-0.1, -0.05) is 6.07 Å². The normalized spacial score (nSPS) is 12.4. The first-order valence-corrected chi connectivity index (χ1v) is 5.72. The molecule has 0 saturated carbocycles. The Morgan fingerprint density at radius 1 is 1.33 bits per heavy atom. The molecular formula is C14H16FNO2. The third kappa shape index (κ3) is 2.24. The Bertz CT molecular complexity index is 536. The van der Waals surface area contributed by atoms with Gasteiger partial charge in [0, 0.05) is 11.6 Å². The molecule has 2 rings (SSSR count). The van der Waals surface area contributed by atoms with Gasteiger partial charge in [-0.25, -0.2) is 4.39 Å². The smallest absolute Gasteiger partial charge is 0.132 e. The first kappa shape index (κ1) is 12.6. The summed E-state index contributed by atoms with van der Waals surface area (Å²) in [6.07, 6.45) is 1.61. The van der Waals surface area contributed by atoms with Gasteiger partial charge in [-0.15, -0.1) is 0 Å². The molecule has 4 heteroatoms. The van der Waals surface area contributed by atoms with Crippen LogP contribution in [0.5, 0.6) is 5.75 Å². The summed E-state index contributed by atoms with van der Waals surface area (Å²) in [5.41, 5.74) is 1.53. The number of nitrogens with one attached hydrogen (secondary N) is 1. The van der Waals surface area contributed by atoms with Crippen LogP contribution in [-0.2, 0) is 0 Å². The average molecular weight is 249 g/mol. The second kappa shape index (κ2) is 5.23. The van der Waals surface area contributed by atoms with E-state index in [9.17, 15) is 4.39 Å². The van der Waals surface area contributed by atoms with E-state index in [1.165, 1.54) is 13.2 Å². The highest BCUT2D eigenvalue weighted by Crippen LogP contribution is 2.29. The predicted molar refractivity (Wildman–Crippen MR) is 67.3 cm³/mol. The maximum Gasteiger partial charge on any atom is 0.132 e. The lowest BCUT2D eigenvalue weighted by Gasteiger charge is -2.16. The van der Waals surface area contributed by atoms with Crippen LogP contribution in [-0.4, -0.2) is 14.2 Å². The molecule has 1 aromatic carbocycles. The topological polar surface area (TPSA) is 34.4 Å². The number of hydrogen-bond acceptors (Lipinski definition) is 3. The van der Waals surface area contributed by atoms with Crippen LogP contribution in [0, 0.1) is 12.7 Å². The Hall–Kier alpha value is -1.81. The molecule has 2 aromatic rings. The van der Waals surface area contributed by atoms with Crippen molar-refractivity contribution in [2.24, 2.45) is 0 Å². The molecule has 0 aliphatic heterocycles. The minimum atomic E-state index is -0.315. The van der Waals surface area contributed by atoms with E-state index < -0.39 is 0 Å². The minimum Gasteiger partial charge on any atom is -0.497 e. The first-order chi connectivity index (χ1) is 8.67. The second-order valence-electron chi connectivity index (χ2n) is 4.08. The molecule has 96 valence electrons. The van der Waals surface area contributed by atoms with E-state index in [2.05, 4.69) is 5.32 Å². The van der Waals surface area contributed by atoms with E-state index in [4.69, 9.17) is 9.15 Å². The zero-order valence-electron chi connectivity index (χ0n) is 10.7. The Balaban J connectivity index is 2.42. The number of rotatable bonds is 4. The largest absolute Gasteiger partial charge is 0.497 e. The van der Waals surface area contributed by atoms with Crippen molar-refractivity contribution in [3.8, 4) is 5.75 Å². The quantitative estimate of drug-likeness (QED) is 0.904. The van der Waals surface area contributed by atoms with Crippen molar-refractivity contribution in [3.05, 3.63) is 53.2 Å². The van der Waals surface area contributed by atoms with Crippen LogP contribution in [0.4, 0.5) is 4.39 Å². The molecule has 0 radical (unpaired) electrons. The number of aryl methyl sites for hydroxylation is 1. The summed E-state index contributed by atoms with van der Waals surface area (Å²) in [4.78, 5) is 0. The van der Waals surface area contributed by atoms with Gasteiger partial charge in [-0.2, -0.15) is 0 Å². The maximum atomic E-state index is 14.0. The molecule has 1 unspecified atom stereocenters. The van der Waals surface area contributed by atoms with Gasteiger partial charge in [0.15, 0.2) is 0 Å². The van der Waals surface area contributed by atoms with E-state index in [-0.39, 0.29) is 11.9 Å². The SMILES string of the molecule is CNC(c1ccc(OC)cc1F)c1occc1C. The summed E-state index contributed by atoms with van der Waals surface area (Å²) in [5.74, 6) is 0.910. The fourth-order valence-electron chi connectivity index (χ4n) is 1.98. The standard InChI is InChI=1S/C14H16FNO2/c1-9-6-7-18-14(9)13(16-2)11-5-4-10(17-3)8-12(11)15/h4-8,13,16H,1-3H3. The molecule has 1 N–H and O–H groups in total. The highest BCUT2D eigenvalue weighted by molar-refractivity contribution is 5.36. The molecule has 0 aliphatic carbocycles. The highest BCUT2D eigenvalue weighted by Gasteiger charge is 2.21. The average Bonchev–Trinajstić information content (AvgIpc) is 2.78. The third-order valence-electron chi connectivity index (χ3n) is 2.97. The van der Waals surface area contributed by atoms with Crippen molar-refractivity contribution < 1.29 is 13.5 Å². The summed E-state index contributed by atoms with van der Waals surface area (Å²) < 4.78 is 24.5. The number of benzene rings is 1. The van der Waals surface area contributed by atoms with Crippen LogP contribution < -0.4 is 10.1 Å². The molecule has 0 bridgehead atoms. The Morgan fingerprint density at radius 2 is 2.11 bits per heavy atom. The van der Waals surface area contributed by atoms with Crippen LogP contribution in [0.1, 0.15) is 22.9 Å². The van der Waals surface area contributed by atoms with Gasteiger partial charge in [-0.3, -0.25) is 0 Å². The van der Waals surface area contributed by atoms with Crippen molar-refractivity contribution in [1.82, 2.24) is 5.32 Å². The van der Waals surface area contributed by atoms with Crippen molar-refractivity contribution >= 4 is 0 Å².